The van der Waals surface area contributed by atoms with Crippen LogP contribution in [0.3, 0.4) is 0 Å². The Kier molecular flexibility index (Phi) is 4.94. The number of nitrogens with zero attached hydrogens (tertiary/aromatic N) is 2. The van der Waals surface area contributed by atoms with Crippen molar-refractivity contribution in [2.45, 2.75) is 32.8 Å². The molecule has 16 heavy (non-hydrogen) atoms. The van der Waals surface area contributed by atoms with Crippen molar-refractivity contribution in [3.05, 3.63) is 11.9 Å². The molecule has 1 atom stereocenters. The van der Waals surface area contributed by atoms with Gasteiger partial charge in [0.1, 0.15) is 18.0 Å². The van der Waals surface area contributed by atoms with Crippen molar-refractivity contribution in [2.24, 2.45) is 5.84 Å². The minimum absolute atomic E-state index is 0.418. The third-order valence-corrected chi connectivity index (χ3v) is 2.15. The smallest absolute Gasteiger partial charge is 0.148 e. The Morgan fingerprint density at radius 1 is 1.44 bits per heavy atom. The molecule has 6 nitrogen and oxygen atoms in total. The molecule has 0 saturated carbocycles. The Hall–Kier alpha value is -1.40. The SMILES string of the molecule is CCCc1c(NN)ncnc1NCC(C)O. The molecule has 1 unspecified atom stereocenters. The summed E-state index contributed by atoms with van der Waals surface area (Å²) < 4.78 is 0. The second-order valence-electron chi connectivity index (χ2n) is 3.67. The van der Waals surface area contributed by atoms with Crippen molar-refractivity contribution in [3.8, 4) is 0 Å². The normalized spacial score (nSPS) is 12.2. The van der Waals surface area contributed by atoms with Gasteiger partial charge in [0.25, 0.3) is 0 Å². The highest BCUT2D eigenvalue weighted by Gasteiger charge is 2.09. The molecule has 0 bridgehead atoms. The Morgan fingerprint density at radius 3 is 2.69 bits per heavy atom. The number of rotatable bonds is 6. The number of nitrogens with two attached hydrogens (primary N) is 1. The molecule has 0 aliphatic rings. The van der Waals surface area contributed by atoms with Gasteiger partial charge in [-0.05, 0) is 13.3 Å². The Bertz CT molecular complexity index is 329. The number of hydrogen-bond donors (Lipinski definition) is 4. The lowest BCUT2D eigenvalue weighted by Crippen LogP contribution is -2.19. The number of nitrogens with one attached hydrogen (secondary N) is 2. The van der Waals surface area contributed by atoms with E-state index in [4.69, 9.17) is 5.84 Å². The predicted octanol–water partition coefficient (Wildman–Crippen LogP) is 0.507. The highest BCUT2D eigenvalue weighted by atomic mass is 16.3. The van der Waals surface area contributed by atoms with Crippen molar-refractivity contribution < 1.29 is 5.11 Å². The van der Waals surface area contributed by atoms with E-state index in [-0.39, 0.29) is 0 Å². The van der Waals surface area contributed by atoms with Gasteiger partial charge in [-0.2, -0.15) is 0 Å². The van der Waals surface area contributed by atoms with E-state index in [1.165, 1.54) is 6.33 Å². The van der Waals surface area contributed by atoms with E-state index in [0.717, 1.165) is 24.2 Å². The quantitative estimate of drug-likeness (QED) is 0.416. The average molecular weight is 225 g/mol. The molecule has 1 rings (SSSR count). The number of hydrazine groups is 1. The summed E-state index contributed by atoms with van der Waals surface area (Å²) in [6.07, 6.45) is 2.84. The maximum absolute atomic E-state index is 9.21. The first-order valence-corrected chi connectivity index (χ1v) is 5.41. The van der Waals surface area contributed by atoms with Crippen molar-refractivity contribution >= 4 is 11.6 Å². The second kappa shape index (κ2) is 6.24. The first-order chi connectivity index (χ1) is 7.69. The maximum atomic E-state index is 9.21. The third-order valence-electron chi connectivity index (χ3n) is 2.15. The molecular formula is C10H19N5O. The monoisotopic (exact) mass is 225 g/mol. The van der Waals surface area contributed by atoms with Gasteiger partial charge in [-0.15, -0.1) is 0 Å². The number of anilines is 2. The summed E-state index contributed by atoms with van der Waals surface area (Å²) in [6, 6.07) is 0. The molecule has 0 aromatic carbocycles. The highest BCUT2D eigenvalue weighted by molar-refractivity contribution is 5.56. The fourth-order valence-corrected chi connectivity index (χ4v) is 1.42. The van der Waals surface area contributed by atoms with E-state index in [2.05, 4.69) is 27.6 Å². The molecule has 0 saturated heterocycles. The number of aromatic nitrogens is 2. The number of nitrogen functional groups attached to an aromatic ring is 1. The van der Waals surface area contributed by atoms with Gasteiger partial charge in [-0.3, -0.25) is 0 Å². The number of hydrogen-bond acceptors (Lipinski definition) is 6. The molecule has 0 amide bonds. The first-order valence-electron chi connectivity index (χ1n) is 5.41. The van der Waals surface area contributed by atoms with Crippen LogP contribution >= 0.6 is 0 Å². The molecule has 6 heteroatoms. The lowest BCUT2D eigenvalue weighted by atomic mass is 10.1. The van der Waals surface area contributed by atoms with E-state index in [1.54, 1.807) is 6.92 Å². The van der Waals surface area contributed by atoms with Crippen LogP contribution in [-0.4, -0.2) is 27.7 Å². The molecule has 0 spiro atoms. The van der Waals surface area contributed by atoms with Crippen LogP contribution in [0, 0.1) is 0 Å². The van der Waals surface area contributed by atoms with Crippen molar-refractivity contribution in [2.75, 3.05) is 17.3 Å². The summed E-state index contributed by atoms with van der Waals surface area (Å²) in [5.74, 6) is 6.75. The van der Waals surface area contributed by atoms with Gasteiger partial charge in [0.2, 0.25) is 0 Å². The van der Waals surface area contributed by atoms with Crippen LogP contribution in [0.1, 0.15) is 25.8 Å². The zero-order valence-electron chi connectivity index (χ0n) is 9.70. The second-order valence-corrected chi connectivity index (χ2v) is 3.67. The van der Waals surface area contributed by atoms with Crippen molar-refractivity contribution in [1.29, 1.82) is 0 Å². The summed E-state index contributed by atoms with van der Waals surface area (Å²) in [5.41, 5.74) is 3.51. The van der Waals surface area contributed by atoms with E-state index in [9.17, 15) is 5.11 Å². The number of aliphatic hydroxyl groups is 1. The van der Waals surface area contributed by atoms with E-state index < -0.39 is 6.10 Å². The van der Waals surface area contributed by atoms with E-state index in [1.807, 2.05) is 0 Å². The molecule has 1 aromatic rings. The molecule has 5 N–H and O–H groups in total. The third kappa shape index (κ3) is 3.32. The fraction of sp³-hybridized carbons (Fsp3) is 0.600. The van der Waals surface area contributed by atoms with Crippen molar-refractivity contribution in [3.63, 3.8) is 0 Å². The van der Waals surface area contributed by atoms with Crippen LogP contribution in [-0.2, 0) is 6.42 Å². The van der Waals surface area contributed by atoms with Crippen LogP contribution in [0.2, 0.25) is 0 Å². The molecule has 0 radical (unpaired) electrons. The topological polar surface area (TPSA) is 96.1 Å². The van der Waals surface area contributed by atoms with Gasteiger partial charge < -0.3 is 15.8 Å². The molecule has 0 fully saturated rings. The Labute approximate surface area is 95.3 Å². The molecule has 0 aliphatic carbocycles. The Morgan fingerprint density at radius 2 is 2.12 bits per heavy atom. The first kappa shape index (κ1) is 12.7. The van der Waals surface area contributed by atoms with Crippen LogP contribution in [0.4, 0.5) is 11.6 Å². The molecule has 90 valence electrons. The van der Waals surface area contributed by atoms with Crippen LogP contribution in [0.5, 0.6) is 0 Å². The van der Waals surface area contributed by atoms with Gasteiger partial charge in [-0.25, -0.2) is 15.8 Å². The molecular weight excluding hydrogens is 206 g/mol. The van der Waals surface area contributed by atoms with Crippen molar-refractivity contribution in [1.82, 2.24) is 9.97 Å². The van der Waals surface area contributed by atoms with Crippen LogP contribution in [0.25, 0.3) is 0 Å². The zero-order chi connectivity index (χ0) is 12.0. The van der Waals surface area contributed by atoms with Gasteiger partial charge in [-0.1, -0.05) is 13.3 Å². The van der Waals surface area contributed by atoms with Crippen LogP contribution < -0.4 is 16.6 Å². The predicted molar refractivity (Wildman–Crippen MR) is 64.0 cm³/mol. The highest BCUT2D eigenvalue weighted by Crippen LogP contribution is 2.20. The largest absolute Gasteiger partial charge is 0.392 e. The van der Waals surface area contributed by atoms with E-state index in [0.29, 0.717) is 12.4 Å². The summed E-state index contributed by atoms with van der Waals surface area (Å²) in [6.45, 7) is 4.25. The molecule has 1 aromatic heterocycles. The van der Waals surface area contributed by atoms with Gasteiger partial charge >= 0.3 is 0 Å². The number of aliphatic hydroxyl groups excluding tert-OH is 1. The van der Waals surface area contributed by atoms with Crippen LogP contribution in [0.15, 0.2) is 6.33 Å². The molecule has 1 heterocycles. The average Bonchev–Trinajstić information content (AvgIpc) is 2.27. The minimum Gasteiger partial charge on any atom is -0.392 e. The van der Waals surface area contributed by atoms with E-state index >= 15 is 0 Å². The summed E-state index contributed by atoms with van der Waals surface area (Å²) in [7, 11) is 0. The minimum atomic E-state index is -0.418. The molecule has 0 aliphatic heterocycles. The summed E-state index contributed by atoms with van der Waals surface area (Å²) in [5, 5.41) is 12.3. The standard InChI is InChI=1S/C10H19N5O/c1-3-4-8-9(12-5-7(2)16)13-6-14-10(8)15-11/h6-7,16H,3-5,11H2,1-2H3,(H2,12,13,14,15). The van der Waals surface area contributed by atoms with Gasteiger partial charge in [0, 0.05) is 12.1 Å². The maximum Gasteiger partial charge on any atom is 0.148 e. The Balaban J connectivity index is 2.88. The summed E-state index contributed by atoms with van der Waals surface area (Å²) >= 11 is 0. The lowest BCUT2D eigenvalue weighted by Gasteiger charge is -2.14. The van der Waals surface area contributed by atoms with Gasteiger partial charge in [0.05, 0.1) is 6.10 Å². The summed E-state index contributed by atoms with van der Waals surface area (Å²) in [4.78, 5) is 8.20. The van der Waals surface area contributed by atoms with Gasteiger partial charge in [0.15, 0.2) is 0 Å². The zero-order valence-corrected chi connectivity index (χ0v) is 9.70. The lowest BCUT2D eigenvalue weighted by molar-refractivity contribution is 0.208. The fourth-order valence-electron chi connectivity index (χ4n) is 1.42.